The SMILES string of the molecule is N#Cc1cc(C(=O)NCC2(O)CC2)cc2nc(C(F)(F)F)c(CC3CCC(F)(F)CC3)n12. The number of alkyl halides is 5. The summed E-state index contributed by atoms with van der Waals surface area (Å²) in [6.07, 6.45) is -4.52. The molecule has 2 heterocycles. The number of fused-ring (bicyclic) bond motifs is 1. The highest BCUT2D eigenvalue weighted by atomic mass is 19.4. The number of rotatable bonds is 5. The fraction of sp³-hybridized carbons (Fsp3) is 0.571. The van der Waals surface area contributed by atoms with Crippen LogP contribution in [0, 0.1) is 17.2 Å². The van der Waals surface area contributed by atoms with Crippen LogP contribution < -0.4 is 5.32 Å². The van der Waals surface area contributed by atoms with Gasteiger partial charge in [-0.1, -0.05) is 0 Å². The smallest absolute Gasteiger partial charge is 0.388 e. The molecule has 0 bridgehead atoms. The first kappa shape index (κ1) is 22.5. The fourth-order valence-electron chi connectivity index (χ4n) is 4.11. The third kappa shape index (κ3) is 4.55. The Labute approximate surface area is 180 Å². The lowest BCUT2D eigenvalue weighted by Gasteiger charge is -2.28. The Morgan fingerprint density at radius 2 is 1.91 bits per heavy atom. The minimum atomic E-state index is -4.82. The van der Waals surface area contributed by atoms with E-state index in [1.165, 1.54) is 6.07 Å². The molecular formula is C21H21F5N4O2. The van der Waals surface area contributed by atoms with Crippen LogP contribution in [0.25, 0.3) is 5.65 Å². The van der Waals surface area contributed by atoms with Crippen LogP contribution in [0.5, 0.6) is 0 Å². The number of hydrogen-bond donors (Lipinski definition) is 2. The Morgan fingerprint density at radius 3 is 2.47 bits per heavy atom. The van der Waals surface area contributed by atoms with Gasteiger partial charge >= 0.3 is 6.18 Å². The van der Waals surface area contributed by atoms with Crippen LogP contribution in [0.2, 0.25) is 0 Å². The molecule has 0 unspecified atom stereocenters. The van der Waals surface area contributed by atoms with Crippen molar-refractivity contribution in [3.8, 4) is 6.07 Å². The number of carbonyl (C=O) groups is 1. The Bertz CT molecular complexity index is 1090. The van der Waals surface area contributed by atoms with Crippen molar-refractivity contribution in [3.05, 3.63) is 34.8 Å². The van der Waals surface area contributed by atoms with E-state index in [-0.39, 0.29) is 48.4 Å². The summed E-state index contributed by atoms with van der Waals surface area (Å²) in [7, 11) is 0. The van der Waals surface area contributed by atoms with Crippen molar-refractivity contribution in [1.82, 2.24) is 14.7 Å². The van der Waals surface area contributed by atoms with Gasteiger partial charge in [0.2, 0.25) is 5.92 Å². The summed E-state index contributed by atoms with van der Waals surface area (Å²) in [5.41, 5.74) is -2.89. The number of imidazole rings is 1. The Kier molecular flexibility index (Phi) is 5.40. The van der Waals surface area contributed by atoms with Crippen LogP contribution in [0.15, 0.2) is 12.1 Å². The molecule has 1 amide bonds. The molecule has 0 aromatic carbocycles. The molecule has 0 saturated heterocycles. The van der Waals surface area contributed by atoms with E-state index >= 15 is 0 Å². The second-order valence-corrected chi connectivity index (χ2v) is 8.75. The van der Waals surface area contributed by atoms with Gasteiger partial charge in [0.15, 0.2) is 5.69 Å². The number of aromatic nitrogens is 2. The maximum Gasteiger partial charge on any atom is 0.435 e. The Balaban J connectivity index is 1.70. The van der Waals surface area contributed by atoms with Crippen LogP contribution in [-0.2, 0) is 12.6 Å². The Hall–Kier alpha value is -2.74. The molecule has 2 aliphatic carbocycles. The van der Waals surface area contributed by atoms with Gasteiger partial charge in [-0.2, -0.15) is 18.4 Å². The lowest BCUT2D eigenvalue weighted by atomic mass is 9.83. The van der Waals surface area contributed by atoms with Crippen molar-refractivity contribution < 1.29 is 31.9 Å². The summed E-state index contributed by atoms with van der Waals surface area (Å²) in [4.78, 5) is 16.1. The molecule has 2 N–H and O–H groups in total. The van der Waals surface area contributed by atoms with Gasteiger partial charge in [-0.3, -0.25) is 9.20 Å². The van der Waals surface area contributed by atoms with Gasteiger partial charge in [-0.05, 0) is 50.2 Å². The van der Waals surface area contributed by atoms with Gasteiger partial charge in [0.05, 0.1) is 11.3 Å². The largest absolute Gasteiger partial charge is 0.435 e. The van der Waals surface area contributed by atoms with Crippen molar-refractivity contribution in [2.45, 2.75) is 62.6 Å². The fourth-order valence-corrected chi connectivity index (χ4v) is 4.11. The van der Waals surface area contributed by atoms with E-state index in [0.717, 1.165) is 10.5 Å². The average Bonchev–Trinajstić information content (AvgIpc) is 3.34. The van der Waals surface area contributed by atoms with Gasteiger partial charge in [-0.15, -0.1) is 0 Å². The molecule has 2 aromatic rings. The van der Waals surface area contributed by atoms with Crippen LogP contribution in [0.1, 0.15) is 66.0 Å². The van der Waals surface area contributed by atoms with Crippen LogP contribution in [-0.4, -0.2) is 38.5 Å². The maximum atomic E-state index is 13.7. The van der Waals surface area contributed by atoms with Crippen LogP contribution >= 0.6 is 0 Å². The minimum Gasteiger partial charge on any atom is -0.388 e. The molecule has 2 aromatic heterocycles. The van der Waals surface area contributed by atoms with Gasteiger partial charge in [-0.25, -0.2) is 13.8 Å². The molecular weight excluding hydrogens is 435 g/mol. The highest BCUT2D eigenvalue weighted by molar-refractivity contribution is 5.95. The highest BCUT2D eigenvalue weighted by Gasteiger charge is 2.42. The van der Waals surface area contributed by atoms with Gasteiger partial charge < -0.3 is 10.4 Å². The van der Waals surface area contributed by atoms with Crippen molar-refractivity contribution in [2.24, 2.45) is 5.92 Å². The van der Waals surface area contributed by atoms with Crippen molar-refractivity contribution >= 4 is 11.6 Å². The molecule has 2 saturated carbocycles. The van der Waals surface area contributed by atoms with Crippen LogP contribution in [0.3, 0.4) is 0 Å². The van der Waals surface area contributed by atoms with E-state index in [0.29, 0.717) is 12.8 Å². The number of aliphatic hydroxyl groups is 1. The number of amides is 1. The van der Waals surface area contributed by atoms with Crippen molar-refractivity contribution in [1.29, 1.82) is 5.26 Å². The predicted octanol–water partition coefficient (Wildman–Crippen LogP) is 3.85. The van der Waals surface area contributed by atoms with Gasteiger partial charge in [0.25, 0.3) is 5.91 Å². The standard InChI is InChI=1S/C21H21F5N4O2/c22-20(23)3-1-12(2-4-20)7-15-17(21(24,25)26)29-16-9-13(8-14(10-27)30(15)16)18(31)28-11-19(32)5-6-19/h8-9,12,32H,1-7,11H2,(H,28,31). The molecule has 0 aliphatic heterocycles. The highest BCUT2D eigenvalue weighted by Crippen LogP contribution is 2.40. The molecule has 2 aliphatic rings. The summed E-state index contributed by atoms with van der Waals surface area (Å²) >= 11 is 0. The molecule has 2 fully saturated rings. The molecule has 4 rings (SSSR count). The monoisotopic (exact) mass is 456 g/mol. The summed E-state index contributed by atoms with van der Waals surface area (Å²) in [5, 5.41) is 21.9. The number of nitriles is 1. The first-order valence-electron chi connectivity index (χ1n) is 10.3. The summed E-state index contributed by atoms with van der Waals surface area (Å²) in [6.45, 7) is -0.00128. The van der Waals surface area contributed by atoms with E-state index in [1.807, 2.05) is 6.07 Å². The summed E-state index contributed by atoms with van der Waals surface area (Å²) in [5.74, 6) is -3.85. The lowest BCUT2D eigenvalue weighted by Crippen LogP contribution is -2.33. The summed E-state index contributed by atoms with van der Waals surface area (Å²) < 4.78 is 69.2. The molecule has 11 heteroatoms. The normalized spacial score (nSPS) is 20.2. The quantitative estimate of drug-likeness (QED) is 0.669. The number of carbonyl (C=O) groups excluding carboxylic acids is 1. The van der Waals surface area contributed by atoms with Crippen molar-refractivity contribution in [2.75, 3.05) is 6.54 Å². The number of hydrogen-bond acceptors (Lipinski definition) is 4. The second kappa shape index (κ2) is 7.69. The van der Waals surface area contributed by atoms with Crippen molar-refractivity contribution in [3.63, 3.8) is 0 Å². The van der Waals surface area contributed by atoms with E-state index < -0.39 is 48.1 Å². The lowest BCUT2D eigenvalue weighted by molar-refractivity contribution is -0.141. The molecule has 32 heavy (non-hydrogen) atoms. The van der Waals surface area contributed by atoms with E-state index in [1.54, 1.807) is 0 Å². The van der Waals surface area contributed by atoms with E-state index in [2.05, 4.69) is 10.3 Å². The first-order valence-corrected chi connectivity index (χ1v) is 10.3. The molecule has 0 radical (unpaired) electrons. The first-order chi connectivity index (χ1) is 14.9. The van der Waals surface area contributed by atoms with Crippen LogP contribution in [0.4, 0.5) is 22.0 Å². The minimum absolute atomic E-state index is 0.00128. The molecule has 172 valence electrons. The molecule has 0 spiro atoms. The average molecular weight is 456 g/mol. The van der Waals surface area contributed by atoms with Gasteiger partial charge in [0.1, 0.15) is 17.4 Å². The third-order valence-corrected chi connectivity index (χ3v) is 6.19. The topological polar surface area (TPSA) is 90.4 Å². The zero-order valence-electron chi connectivity index (χ0n) is 17.0. The van der Waals surface area contributed by atoms with E-state index in [4.69, 9.17) is 0 Å². The predicted molar refractivity (Wildman–Crippen MR) is 102 cm³/mol. The number of halogens is 5. The van der Waals surface area contributed by atoms with E-state index in [9.17, 15) is 37.1 Å². The third-order valence-electron chi connectivity index (χ3n) is 6.19. The zero-order chi connectivity index (χ0) is 23.3. The number of nitrogens with zero attached hydrogens (tertiary/aromatic N) is 3. The number of pyridine rings is 1. The maximum absolute atomic E-state index is 13.7. The van der Waals surface area contributed by atoms with Gasteiger partial charge in [0, 0.05) is 24.9 Å². The summed E-state index contributed by atoms with van der Waals surface area (Å²) in [6, 6.07) is 4.13. The molecule has 6 nitrogen and oxygen atoms in total. The second-order valence-electron chi connectivity index (χ2n) is 8.75. The number of nitrogens with one attached hydrogen (secondary N) is 1. The Morgan fingerprint density at radius 1 is 1.25 bits per heavy atom. The zero-order valence-corrected chi connectivity index (χ0v) is 17.0. The molecule has 0 atom stereocenters.